The first kappa shape index (κ1) is 16.7. The minimum absolute atomic E-state index is 0.0397. The van der Waals surface area contributed by atoms with E-state index in [-0.39, 0.29) is 29.0 Å². The van der Waals surface area contributed by atoms with Crippen molar-refractivity contribution in [3.63, 3.8) is 0 Å². The van der Waals surface area contributed by atoms with Gasteiger partial charge in [0.15, 0.2) is 0 Å². The average Bonchev–Trinajstić information content (AvgIpc) is 2.64. The molecule has 25 heavy (non-hydrogen) atoms. The number of benzene rings is 3. The molecule has 0 aliphatic carbocycles. The van der Waals surface area contributed by atoms with Crippen molar-refractivity contribution >= 4 is 5.97 Å². The molecule has 0 aliphatic heterocycles. The van der Waals surface area contributed by atoms with Gasteiger partial charge in [-0.3, -0.25) is 0 Å². The van der Waals surface area contributed by atoms with Crippen molar-refractivity contribution < 1.29 is 19.0 Å². The number of halogens is 1. The zero-order valence-corrected chi connectivity index (χ0v) is 13.7. The van der Waals surface area contributed by atoms with Crippen molar-refractivity contribution in [1.82, 2.24) is 0 Å². The summed E-state index contributed by atoms with van der Waals surface area (Å²) in [5.41, 5.74) is 1.21. The molecule has 0 unspecified atom stereocenters. The van der Waals surface area contributed by atoms with E-state index in [2.05, 4.69) is 0 Å². The van der Waals surface area contributed by atoms with Crippen LogP contribution >= 0.6 is 0 Å². The molecule has 3 aromatic carbocycles. The van der Waals surface area contributed by atoms with E-state index in [9.17, 15) is 9.90 Å². The first-order valence-electron chi connectivity index (χ1n) is 7.97. The van der Waals surface area contributed by atoms with E-state index in [1.54, 1.807) is 61.5 Å². The van der Waals surface area contributed by atoms with Crippen LogP contribution in [0.2, 0.25) is 0 Å². The molecule has 3 rings (SSSR count). The molecule has 0 bridgehead atoms. The quantitative estimate of drug-likeness (QED) is 0.679. The Morgan fingerprint density at radius 2 is 1.56 bits per heavy atom. The Labute approximate surface area is 145 Å². The van der Waals surface area contributed by atoms with Gasteiger partial charge in [-0.1, -0.05) is 60.7 Å². The largest absolute Gasteiger partial charge is 0.507 e. The number of carbonyl (C=O) groups excluding carboxylic acids is 1. The summed E-state index contributed by atoms with van der Waals surface area (Å²) in [6.45, 7) is 1.79. The van der Waals surface area contributed by atoms with E-state index in [1.165, 1.54) is 6.07 Å². The van der Waals surface area contributed by atoms with Crippen LogP contribution in [0, 0.1) is 5.82 Å². The number of esters is 1. The number of phenols is 1. The molecule has 0 saturated carbocycles. The standard InChI is InChI=1S/C21H17FO3/c1-2-25-21(24)19-17(23)13-16(14-9-5-3-6-10-14)20(22)18(19)15-11-7-4-8-12-15/h3-13,23H,2H2,1H3. The summed E-state index contributed by atoms with van der Waals surface area (Å²) in [5.74, 6) is -1.63. The number of hydrogen-bond acceptors (Lipinski definition) is 3. The Bertz CT molecular complexity index is 890. The fraction of sp³-hybridized carbons (Fsp3) is 0.0952. The van der Waals surface area contributed by atoms with Crippen LogP contribution in [-0.4, -0.2) is 17.7 Å². The summed E-state index contributed by atoms with van der Waals surface area (Å²) >= 11 is 0. The molecular formula is C21H17FO3. The third-order valence-electron chi connectivity index (χ3n) is 3.87. The third-order valence-corrected chi connectivity index (χ3v) is 3.87. The van der Waals surface area contributed by atoms with Crippen LogP contribution in [0.5, 0.6) is 5.75 Å². The number of hydrogen-bond donors (Lipinski definition) is 1. The molecule has 0 amide bonds. The van der Waals surface area contributed by atoms with Crippen molar-refractivity contribution in [2.24, 2.45) is 0 Å². The summed E-state index contributed by atoms with van der Waals surface area (Å²) in [5, 5.41) is 10.4. The summed E-state index contributed by atoms with van der Waals surface area (Å²) < 4.78 is 20.4. The number of ether oxygens (including phenoxy) is 1. The Morgan fingerprint density at radius 1 is 1.00 bits per heavy atom. The van der Waals surface area contributed by atoms with Gasteiger partial charge in [-0.15, -0.1) is 0 Å². The maximum Gasteiger partial charge on any atom is 0.342 e. The van der Waals surface area contributed by atoms with Gasteiger partial charge in [0.05, 0.1) is 6.61 Å². The molecule has 0 saturated heterocycles. The van der Waals surface area contributed by atoms with Gasteiger partial charge in [0, 0.05) is 11.1 Å². The summed E-state index contributed by atoms with van der Waals surface area (Å²) in [6.07, 6.45) is 0. The Balaban J connectivity index is 2.31. The van der Waals surface area contributed by atoms with Crippen LogP contribution in [0.15, 0.2) is 66.7 Å². The molecule has 0 atom stereocenters. The molecule has 0 aromatic heterocycles. The minimum Gasteiger partial charge on any atom is -0.507 e. The van der Waals surface area contributed by atoms with E-state index in [4.69, 9.17) is 4.74 Å². The van der Waals surface area contributed by atoms with Crippen molar-refractivity contribution in [3.05, 3.63) is 78.1 Å². The lowest BCUT2D eigenvalue weighted by molar-refractivity contribution is 0.0523. The van der Waals surface area contributed by atoms with Crippen molar-refractivity contribution in [2.75, 3.05) is 6.61 Å². The third kappa shape index (κ3) is 3.24. The highest BCUT2D eigenvalue weighted by molar-refractivity contribution is 6.01. The molecule has 0 aliphatic rings. The molecule has 4 heteroatoms. The second kappa shape index (κ2) is 7.18. The molecule has 3 aromatic rings. The van der Waals surface area contributed by atoms with E-state index in [1.807, 2.05) is 6.07 Å². The van der Waals surface area contributed by atoms with Gasteiger partial charge >= 0.3 is 5.97 Å². The van der Waals surface area contributed by atoms with Crippen LogP contribution in [-0.2, 0) is 4.74 Å². The Morgan fingerprint density at radius 3 is 2.12 bits per heavy atom. The topological polar surface area (TPSA) is 46.5 Å². The lowest BCUT2D eigenvalue weighted by atomic mass is 9.92. The van der Waals surface area contributed by atoms with Gasteiger partial charge in [0.2, 0.25) is 0 Å². The van der Waals surface area contributed by atoms with Gasteiger partial charge in [-0.2, -0.15) is 0 Å². The summed E-state index contributed by atoms with van der Waals surface area (Å²) in [7, 11) is 0. The summed E-state index contributed by atoms with van der Waals surface area (Å²) in [6, 6.07) is 18.8. The predicted molar refractivity (Wildman–Crippen MR) is 94.9 cm³/mol. The van der Waals surface area contributed by atoms with Crippen LogP contribution in [0.1, 0.15) is 17.3 Å². The normalized spacial score (nSPS) is 10.5. The maximum atomic E-state index is 15.4. The fourth-order valence-electron chi connectivity index (χ4n) is 2.76. The number of rotatable bonds is 4. The van der Waals surface area contributed by atoms with E-state index < -0.39 is 11.8 Å². The van der Waals surface area contributed by atoms with Crippen molar-refractivity contribution in [1.29, 1.82) is 0 Å². The van der Waals surface area contributed by atoms with Crippen molar-refractivity contribution in [3.8, 4) is 28.0 Å². The fourth-order valence-corrected chi connectivity index (χ4v) is 2.76. The summed E-state index contributed by atoms with van der Waals surface area (Å²) in [4.78, 5) is 12.3. The second-order valence-corrected chi connectivity index (χ2v) is 5.46. The van der Waals surface area contributed by atoms with E-state index in [0.29, 0.717) is 11.1 Å². The highest BCUT2D eigenvalue weighted by Gasteiger charge is 2.25. The van der Waals surface area contributed by atoms with E-state index in [0.717, 1.165) is 0 Å². The van der Waals surface area contributed by atoms with Gasteiger partial charge in [0.1, 0.15) is 17.1 Å². The number of carbonyl (C=O) groups is 1. The van der Waals surface area contributed by atoms with Crippen LogP contribution in [0.25, 0.3) is 22.3 Å². The van der Waals surface area contributed by atoms with Crippen molar-refractivity contribution in [2.45, 2.75) is 6.92 Å². The SMILES string of the molecule is CCOC(=O)c1c(O)cc(-c2ccccc2)c(F)c1-c1ccccc1. The lowest BCUT2D eigenvalue weighted by Gasteiger charge is -2.15. The molecule has 0 fully saturated rings. The first-order chi connectivity index (χ1) is 12.1. The van der Waals surface area contributed by atoms with Gasteiger partial charge < -0.3 is 9.84 Å². The van der Waals surface area contributed by atoms with Crippen LogP contribution in [0.4, 0.5) is 4.39 Å². The Hall–Kier alpha value is -3.14. The average molecular weight is 336 g/mol. The Kier molecular flexibility index (Phi) is 4.80. The van der Waals surface area contributed by atoms with Gasteiger partial charge in [0.25, 0.3) is 0 Å². The van der Waals surface area contributed by atoms with Gasteiger partial charge in [-0.05, 0) is 24.1 Å². The number of aromatic hydroxyl groups is 1. The predicted octanol–water partition coefficient (Wildman–Crippen LogP) is 5.04. The van der Waals surface area contributed by atoms with Gasteiger partial charge in [-0.25, -0.2) is 9.18 Å². The zero-order valence-electron chi connectivity index (χ0n) is 13.7. The molecule has 3 nitrogen and oxygen atoms in total. The smallest absolute Gasteiger partial charge is 0.342 e. The molecule has 1 N–H and O–H groups in total. The first-order valence-corrected chi connectivity index (χ1v) is 7.97. The molecule has 0 spiro atoms. The van der Waals surface area contributed by atoms with Crippen LogP contribution in [0.3, 0.4) is 0 Å². The van der Waals surface area contributed by atoms with Crippen LogP contribution < -0.4 is 0 Å². The number of phenolic OH excluding ortho intramolecular Hbond substituents is 1. The molecule has 0 heterocycles. The molecular weight excluding hydrogens is 319 g/mol. The molecule has 126 valence electrons. The highest BCUT2D eigenvalue weighted by Crippen LogP contribution is 2.39. The minimum atomic E-state index is -0.752. The highest BCUT2D eigenvalue weighted by atomic mass is 19.1. The van der Waals surface area contributed by atoms with E-state index >= 15 is 4.39 Å². The maximum absolute atomic E-state index is 15.4. The monoisotopic (exact) mass is 336 g/mol. The lowest BCUT2D eigenvalue weighted by Crippen LogP contribution is -2.09. The zero-order chi connectivity index (χ0) is 17.8. The second-order valence-electron chi connectivity index (χ2n) is 5.46. The molecule has 0 radical (unpaired) electrons.